The fourth-order valence-corrected chi connectivity index (χ4v) is 4.54. The Labute approximate surface area is 166 Å². The molecule has 2 aliphatic rings. The molecule has 0 radical (unpaired) electrons. The molecule has 6 heteroatoms. The van der Waals surface area contributed by atoms with Gasteiger partial charge >= 0.3 is 0 Å². The molecule has 0 bridgehead atoms. The van der Waals surface area contributed by atoms with Crippen LogP contribution in [0.5, 0.6) is 0 Å². The molecule has 1 aliphatic carbocycles. The molecule has 1 amide bonds. The number of aromatic nitrogens is 2. The zero-order valence-electron chi connectivity index (χ0n) is 16.7. The lowest BCUT2D eigenvalue weighted by molar-refractivity contribution is -0.132. The number of benzene rings is 1. The molecule has 1 saturated carbocycles. The van der Waals surface area contributed by atoms with Crippen LogP contribution in [0.2, 0.25) is 0 Å². The van der Waals surface area contributed by atoms with E-state index in [4.69, 9.17) is 4.52 Å². The molecule has 1 atom stereocenters. The summed E-state index contributed by atoms with van der Waals surface area (Å²) >= 11 is 0. The first kappa shape index (κ1) is 19.1. The standard InChI is InChI=1S/C22H30N4O2/c1-17-23-22(28-24-17)20-16-26(21(27)14-18-8-5-6-9-18)13-7-12-25(20)15-19-10-3-2-4-11-19/h2-4,10-11,18,20H,5-9,12-16H2,1H3. The summed E-state index contributed by atoms with van der Waals surface area (Å²) in [6.07, 6.45) is 6.60. The van der Waals surface area contributed by atoms with Crippen LogP contribution in [0, 0.1) is 12.8 Å². The maximum atomic E-state index is 13.0. The predicted octanol–water partition coefficient (Wildman–Crippen LogP) is 3.73. The summed E-state index contributed by atoms with van der Waals surface area (Å²) in [7, 11) is 0. The van der Waals surface area contributed by atoms with E-state index in [-0.39, 0.29) is 11.9 Å². The Bertz CT molecular complexity index is 770. The van der Waals surface area contributed by atoms with Crippen LogP contribution in [0.25, 0.3) is 0 Å². The van der Waals surface area contributed by atoms with Gasteiger partial charge in [0.2, 0.25) is 11.8 Å². The van der Waals surface area contributed by atoms with Crippen molar-refractivity contribution in [1.82, 2.24) is 19.9 Å². The lowest BCUT2D eigenvalue weighted by Crippen LogP contribution is -2.38. The molecule has 1 saturated heterocycles. The largest absolute Gasteiger partial charge is 0.341 e. The topological polar surface area (TPSA) is 62.5 Å². The molecule has 2 aromatic rings. The Morgan fingerprint density at radius 3 is 2.64 bits per heavy atom. The van der Waals surface area contributed by atoms with Crippen molar-refractivity contribution in [1.29, 1.82) is 0 Å². The van der Waals surface area contributed by atoms with Gasteiger partial charge in [0.05, 0.1) is 0 Å². The van der Waals surface area contributed by atoms with Crippen molar-refractivity contribution in [2.75, 3.05) is 19.6 Å². The van der Waals surface area contributed by atoms with Crippen LogP contribution in [0.3, 0.4) is 0 Å². The predicted molar refractivity (Wildman–Crippen MR) is 106 cm³/mol. The van der Waals surface area contributed by atoms with Gasteiger partial charge in [-0.05, 0) is 37.7 Å². The summed E-state index contributed by atoms with van der Waals surface area (Å²) in [5.41, 5.74) is 1.26. The SMILES string of the molecule is Cc1noc(C2CN(C(=O)CC3CCCC3)CCCN2Cc2ccccc2)n1. The van der Waals surface area contributed by atoms with Crippen molar-refractivity contribution in [2.24, 2.45) is 5.92 Å². The van der Waals surface area contributed by atoms with Crippen molar-refractivity contribution in [2.45, 2.75) is 58.0 Å². The molecule has 0 N–H and O–H groups in total. The van der Waals surface area contributed by atoms with E-state index in [1.54, 1.807) is 0 Å². The van der Waals surface area contributed by atoms with E-state index in [2.05, 4.69) is 39.3 Å². The molecule has 2 heterocycles. The Hall–Kier alpha value is -2.21. The van der Waals surface area contributed by atoms with Gasteiger partial charge in [-0.1, -0.05) is 48.3 Å². The normalized spacial score (nSPS) is 21.8. The first-order chi connectivity index (χ1) is 13.7. The van der Waals surface area contributed by atoms with Gasteiger partial charge in [-0.25, -0.2) is 0 Å². The zero-order valence-corrected chi connectivity index (χ0v) is 16.7. The van der Waals surface area contributed by atoms with Crippen molar-refractivity contribution < 1.29 is 9.32 Å². The molecule has 150 valence electrons. The van der Waals surface area contributed by atoms with Crippen LogP contribution in [0.1, 0.15) is 61.8 Å². The van der Waals surface area contributed by atoms with Crippen LogP contribution in [-0.4, -0.2) is 45.5 Å². The fourth-order valence-electron chi connectivity index (χ4n) is 4.54. The number of hydrogen-bond acceptors (Lipinski definition) is 5. The van der Waals surface area contributed by atoms with Gasteiger partial charge in [0.15, 0.2) is 5.82 Å². The fraction of sp³-hybridized carbons (Fsp3) is 0.591. The lowest BCUT2D eigenvalue weighted by atomic mass is 10.0. The third-order valence-corrected chi connectivity index (χ3v) is 6.06. The summed E-state index contributed by atoms with van der Waals surface area (Å²) in [6, 6.07) is 10.4. The van der Waals surface area contributed by atoms with Crippen molar-refractivity contribution in [3.05, 3.63) is 47.6 Å². The van der Waals surface area contributed by atoms with Gasteiger partial charge in [-0.3, -0.25) is 9.69 Å². The molecule has 1 aromatic carbocycles. The van der Waals surface area contributed by atoms with Gasteiger partial charge in [0, 0.05) is 32.6 Å². The van der Waals surface area contributed by atoms with Gasteiger partial charge in [0.25, 0.3) is 0 Å². The quantitative estimate of drug-likeness (QED) is 0.788. The Morgan fingerprint density at radius 1 is 1.14 bits per heavy atom. The summed E-state index contributed by atoms with van der Waals surface area (Å²) in [4.78, 5) is 21.9. The minimum Gasteiger partial charge on any atom is -0.341 e. The minimum absolute atomic E-state index is 0.0589. The van der Waals surface area contributed by atoms with Crippen LogP contribution in [0.4, 0.5) is 0 Å². The molecule has 4 rings (SSSR count). The molecule has 28 heavy (non-hydrogen) atoms. The van der Waals surface area contributed by atoms with Crippen molar-refractivity contribution >= 4 is 5.91 Å². The van der Waals surface area contributed by atoms with Gasteiger partial charge in [-0.2, -0.15) is 4.98 Å². The van der Waals surface area contributed by atoms with E-state index in [0.717, 1.165) is 26.1 Å². The highest BCUT2D eigenvalue weighted by atomic mass is 16.5. The van der Waals surface area contributed by atoms with Crippen molar-refractivity contribution in [3.8, 4) is 0 Å². The highest BCUT2D eigenvalue weighted by Crippen LogP contribution is 2.30. The van der Waals surface area contributed by atoms with Gasteiger partial charge < -0.3 is 9.42 Å². The number of carbonyl (C=O) groups excluding carboxylic acids is 1. The third kappa shape index (κ3) is 4.61. The molecule has 0 spiro atoms. The van der Waals surface area contributed by atoms with E-state index in [0.29, 0.717) is 30.6 Å². The molecule has 1 unspecified atom stereocenters. The third-order valence-electron chi connectivity index (χ3n) is 6.06. The Balaban J connectivity index is 1.51. The summed E-state index contributed by atoms with van der Waals surface area (Å²) in [5, 5.41) is 4.00. The van der Waals surface area contributed by atoms with E-state index in [1.165, 1.54) is 31.2 Å². The second-order valence-corrected chi connectivity index (χ2v) is 8.20. The van der Waals surface area contributed by atoms with Gasteiger partial charge in [0.1, 0.15) is 6.04 Å². The first-order valence-corrected chi connectivity index (χ1v) is 10.5. The number of nitrogens with zero attached hydrogens (tertiary/aromatic N) is 4. The summed E-state index contributed by atoms with van der Waals surface area (Å²) in [6.45, 7) is 5.00. The van der Waals surface area contributed by atoms with E-state index < -0.39 is 0 Å². The minimum atomic E-state index is -0.0589. The number of aryl methyl sites for hydroxylation is 1. The van der Waals surface area contributed by atoms with Crippen LogP contribution in [-0.2, 0) is 11.3 Å². The van der Waals surface area contributed by atoms with Gasteiger partial charge in [-0.15, -0.1) is 0 Å². The molecule has 2 fully saturated rings. The highest BCUT2D eigenvalue weighted by Gasteiger charge is 2.33. The smallest absolute Gasteiger partial charge is 0.245 e. The van der Waals surface area contributed by atoms with Crippen molar-refractivity contribution in [3.63, 3.8) is 0 Å². The Morgan fingerprint density at radius 2 is 1.93 bits per heavy atom. The zero-order chi connectivity index (χ0) is 19.3. The van der Waals surface area contributed by atoms with E-state index in [1.807, 2.05) is 17.9 Å². The maximum Gasteiger partial charge on any atom is 0.245 e. The van der Waals surface area contributed by atoms with Crippen LogP contribution >= 0.6 is 0 Å². The maximum absolute atomic E-state index is 13.0. The van der Waals surface area contributed by atoms with Crippen LogP contribution < -0.4 is 0 Å². The second-order valence-electron chi connectivity index (χ2n) is 8.20. The Kier molecular flexibility index (Phi) is 6.05. The number of carbonyl (C=O) groups is 1. The highest BCUT2D eigenvalue weighted by molar-refractivity contribution is 5.76. The molecule has 1 aliphatic heterocycles. The second kappa shape index (κ2) is 8.86. The summed E-state index contributed by atoms with van der Waals surface area (Å²) < 4.78 is 5.55. The average Bonchev–Trinajstić information content (AvgIpc) is 3.31. The molecular formula is C22H30N4O2. The first-order valence-electron chi connectivity index (χ1n) is 10.5. The molecule has 6 nitrogen and oxygen atoms in total. The average molecular weight is 383 g/mol. The molecular weight excluding hydrogens is 352 g/mol. The lowest BCUT2D eigenvalue weighted by Gasteiger charge is -2.29. The number of amides is 1. The summed E-state index contributed by atoms with van der Waals surface area (Å²) in [5.74, 6) is 2.12. The van der Waals surface area contributed by atoms with Crippen LogP contribution in [0.15, 0.2) is 34.9 Å². The molecule has 1 aromatic heterocycles. The monoisotopic (exact) mass is 382 g/mol. The number of rotatable bonds is 5. The van der Waals surface area contributed by atoms with E-state index in [9.17, 15) is 4.79 Å². The number of hydrogen-bond donors (Lipinski definition) is 0. The van der Waals surface area contributed by atoms with E-state index >= 15 is 0 Å².